The molecular formula is C21H26N6O2. The van der Waals surface area contributed by atoms with E-state index in [1.165, 1.54) is 5.56 Å². The van der Waals surface area contributed by atoms with Crippen LogP contribution in [0.25, 0.3) is 5.78 Å². The second-order valence-electron chi connectivity index (χ2n) is 7.33. The Morgan fingerprint density at radius 1 is 1.07 bits per heavy atom. The molecule has 3 aromatic rings. The van der Waals surface area contributed by atoms with Gasteiger partial charge in [0.25, 0.3) is 11.7 Å². The molecule has 0 atom stereocenters. The standard InChI is InChI=1S/C21H26N6O2/c1-4-29-18-7-5-17(6-8-18)14-25-9-11-26(12-10-25)20(28)19-23-21-22-15(2)13-16(3)27(21)24-19/h5-8,13H,4,9-12,14H2,1-3H3. The van der Waals surface area contributed by atoms with E-state index in [1.54, 1.807) is 4.52 Å². The molecule has 1 fully saturated rings. The fraction of sp³-hybridized carbons (Fsp3) is 0.429. The second-order valence-corrected chi connectivity index (χ2v) is 7.33. The molecule has 1 amide bonds. The molecule has 3 heterocycles. The van der Waals surface area contributed by atoms with E-state index in [0.717, 1.165) is 36.8 Å². The van der Waals surface area contributed by atoms with Crippen molar-refractivity contribution in [2.45, 2.75) is 27.3 Å². The van der Waals surface area contributed by atoms with E-state index in [0.29, 0.717) is 25.5 Å². The van der Waals surface area contributed by atoms with E-state index < -0.39 is 0 Å². The van der Waals surface area contributed by atoms with Crippen LogP contribution in [0, 0.1) is 13.8 Å². The van der Waals surface area contributed by atoms with Crippen LogP contribution in [0.3, 0.4) is 0 Å². The molecule has 2 aromatic heterocycles. The minimum atomic E-state index is -0.131. The van der Waals surface area contributed by atoms with Gasteiger partial charge in [-0.15, -0.1) is 5.10 Å². The van der Waals surface area contributed by atoms with Crippen LogP contribution in [0.4, 0.5) is 0 Å². The summed E-state index contributed by atoms with van der Waals surface area (Å²) in [5, 5.41) is 4.36. The smallest absolute Gasteiger partial charge is 0.293 e. The molecule has 1 aromatic carbocycles. The van der Waals surface area contributed by atoms with E-state index in [9.17, 15) is 4.79 Å². The highest BCUT2D eigenvalue weighted by Gasteiger charge is 2.25. The Bertz CT molecular complexity index is 1010. The zero-order chi connectivity index (χ0) is 20.4. The van der Waals surface area contributed by atoms with Crippen molar-refractivity contribution in [3.8, 4) is 5.75 Å². The predicted molar refractivity (Wildman–Crippen MR) is 109 cm³/mol. The average Bonchev–Trinajstić information content (AvgIpc) is 3.14. The lowest BCUT2D eigenvalue weighted by atomic mass is 10.2. The summed E-state index contributed by atoms with van der Waals surface area (Å²) < 4.78 is 7.12. The fourth-order valence-electron chi connectivity index (χ4n) is 3.62. The van der Waals surface area contributed by atoms with Crippen molar-refractivity contribution in [2.75, 3.05) is 32.8 Å². The van der Waals surface area contributed by atoms with E-state index in [2.05, 4.69) is 32.1 Å². The van der Waals surface area contributed by atoms with Gasteiger partial charge < -0.3 is 9.64 Å². The maximum absolute atomic E-state index is 12.9. The number of aromatic nitrogens is 4. The molecule has 1 aliphatic heterocycles. The minimum Gasteiger partial charge on any atom is -0.494 e. The molecule has 0 bridgehead atoms. The van der Waals surface area contributed by atoms with Gasteiger partial charge >= 0.3 is 0 Å². The topological polar surface area (TPSA) is 75.9 Å². The van der Waals surface area contributed by atoms with Crippen molar-refractivity contribution < 1.29 is 9.53 Å². The van der Waals surface area contributed by atoms with Crippen LogP contribution in [0.1, 0.15) is 34.5 Å². The third kappa shape index (κ3) is 4.22. The molecular weight excluding hydrogens is 368 g/mol. The third-order valence-electron chi connectivity index (χ3n) is 5.11. The lowest BCUT2D eigenvalue weighted by Crippen LogP contribution is -2.48. The third-order valence-corrected chi connectivity index (χ3v) is 5.11. The summed E-state index contributed by atoms with van der Waals surface area (Å²) in [5.41, 5.74) is 3.02. The highest BCUT2D eigenvalue weighted by molar-refractivity contribution is 5.91. The molecule has 1 saturated heterocycles. The first kappa shape index (κ1) is 19.3. The molecule has 0 unspecified atom stereocenters. The number of rotatable bonds is 5. The van der Waals surface area contributed by atoms with Gasteiger partial charge in [-0.25, -0.2) is 9.50 Å². The van der Waals surface area contributed by atoms with Crippen molar-refractivity contribution in [1.29, 1.82) is 0 Å². The van der Waals surface area contributed by atoms with Gasteiger partial charge in [0.05, 0.1) is 6.61 Å². The van der Waals surface area contributed by atoms with Crippen LogP contribution in [0.15, 0.2) is 30.3 Å². The maximum Gasteiger partial charge on any atom is 0.293 e. The Morgan fingerprint density at radius 3 is 2.48 bits per heavy atom. The van der Waals surface area contributed by atoms with Gasteiger partial charge in [-0.2, -0.15) is 4.98 Å². The highest BCUT2D eigenvalue weighted by atomic mass is 16.5. The molecule has 29 heavy (non-hydrogen) atoms. The predicted octanol–water partition coefficient (Wildman–Crippen LogP) is 2.10. The van der Waals surface area contributed by atoms with E-state index in [4.69, 9.17) is 4.74 Å². The zero-order valence-corrected chi connectivity index (χ0v) is 17.1. The maximum atomic E-state index is 12.9. The van der Waals surface area contributed by atoms with Gasteiger partial charge in [0, 0.05) is 44.1 Å². The van der Waals surface area contributed by atoms with Crippen molar-refractivity contribution in [3.63, 3.8) is 0 Å². The summed E-state index contributed by atoms with van der Waals surface area (Å²) in [6, 6.07) is 10.1. The Labute approximate surface area is 170 Å². The molecule has 0 spiro atoms. The number of benzene rings is 1. The number of carbonyl (C=O) groups excluding carboxylic acids is 1. The van der Waals surface area contributed by atoms with Crippen LogP contribution in [0.5, 0.6) is 5.75 Å². The van der Waals surface area contributed by atoms with E-state index >= 15 is 0 Å². The molecule has 0 saturated carbocycles. The van der Waals surface area contributed by atoms with Crippen LogP contribution in [0.2, 0.25) is 0 Å². The number of fused-ring (bicyclic) bond motifs is 1. The molecule has 4 rings (SSSR count). The van der Waals surface area contributed by atoms with Crippen molar-refractivity contribution >= 4 is 11.7 Å². The normalized spacial score (nSPS) is 15.1. The minimum absolute atomic E-state index is 0.131. The van der Waals surface area contributed by atoms with Gasteiger partial charge in [0.2, 0.25) is 5.82 Å². The number of ether oxygens (including phenoxy) is 1. The number of hydrogen-bond acceptors (Lipinski definition) is 6. The molecule has 0 aliphatic carbocycles. The fourth-order valence-corrected chi connectivity index (χ4v) is 3.62. The van der Waals surface area contributed by atoms with Crippen molar-refractivity contribution in [2.24, 2.45) is 0 Å². The quantitative estimate of drug-likeness (QED) is 0.660. The summed E-state index contributed by atoms with van der Waals surface area (Å²) in [6.07, 6.45) is 0. The van der Waals surface area contributed by atoms with Crippen LogP contribution in [-0.2, 0) is 6.54 Å². The number of aryl methyl sites for hydroxylation is 2. The summed E-state index contributed by atoms with van der Waals surface area (Å²) in [5.74, 6) is 1.45. The Hall–Kier alpha value is -3.00. The monoisotopic (exact) mass is 394 g/mol. The number of nitrogens with zero attached hydrogens (tertiary/aromatic N) is 6. The van der Waals surface area contributed by atoms with Crippen LogP contribution >= 0.6 is 0 Å². The molecule has 0 radical (unpaired) electrons. The summed E-state index contributed by atoms with van der Waals surface area (Å²) in [7, 11) is 0. The van der Waals surface area contributed by atoms with Gasteiger partial charge in [-0.3, -0.25) is 9.69 Å². The number of piperazine rings is 1. The van der Waals surface area contributed by atoms with Gasteiger partial charge in [0.1, 0.15) is 5.75 Å². The zero-order valence-electron chi connectivity index (χ0n) is 17.1. The van der Waals surface area contributed by atoms with Crippen molar-refractivity contribution in [3.05, 3.63) is 53.1 Å². The lowest BCUT2D eigenvalue weighted by molar-refractivity contribution is 0.0616. The lowest BCUT2D eigenvalue weighted by Gasteiger charge is -2.34. The highest BCUT2D eigenvalue weighted by Crippen LogP contribution is 2.15. The SMILES string of the molecule is CCOc1ccc(CN2CCN(C(=O)c3nc4nc(C)cc(C)n4n3)CC2)cc1. The largest absolute Gasteiger partial charge is 0.494 e. The molecule has 8 nitrogen and oxygen atoms in total. The molecule has 1 aliphatic rings. The molecule has 0 N–H and O–H groups in total. The molecule has 152 valence electrons. The van der Waals surface area contributed by atoms with Crippen LogP contribution in [-0.4, -0.2) is 68.1 Å². The van der Waals surface area contributed by atoms with E-state index in [1.807, 2.05) is 43.9 Å². The van der Waals surface area contributed by atoms with Gasteiger partial charge in [-0.1, -0.05) is 12.1 Å². The average molecular weight is 394 g/mol. The summed E-state index contributed by atoms with van der Waals surface area (Å²) in [4.78, 5) is 25.7. The molecule has 8 heteroatoms. The second kappa shape index (κ2) is 8.16. The first-order valence-electron chi connectivity index (χ1n) is 9.98. The Kier molecular flexibility index (Phi) is 5.44. The summed E-state index contributed by atoms with van der Waals surface area (Å²) in [6.45, 7) is 10.3. The van der Waals surface area contributed by atoms with Crippen molar-refractivity contribution in [1.82, 2.24) is 29.4 Å². The number of carbonyl (C=O) groups is 1. The van der Waals surface area contributed by atoms with E-state index in [-0.39, 0.29) is 11.7 Å². The van der Waals surface area contributed by atoms with Gasteiger partial charge in [0.15, 0.2) is 0 Å². The first-order valence-corrected chi connectivity index (χ1v) is 9.98. The number of amides is 1. The van der Waals surface area contributed by atoms with Gasteiger partial charge in [-0.05, 0) is 44.5 Å². The number of hydrogen-bond donors (Lipinski definition) is 0. The Balaban J connectivity index is 1.36. The Morgan fingerprint density at radius 2 is 1.79 bits per heavy atom. The van der Waals surface area contributed by atoms with Crippen LogP contribution < -0.4 is 4.74 Å². The summed E-state index contributed by atoms with van der Waals surface area (Å²) >= 11 is 0. The first-order chi connectivity index (χ1) is 14.0.